The molecule has 2 rings (SSSR count). The van der Waals surface area contributed by atoms with E-state index in [0.717, 1.165) is 36.3 Å². The van der Waals surface area contributed by atoms with Crippen molar-refractivity contribution in [2.24, 2.45) is 0 Å². The summed E-state index contributed by atoms with van der Waals surface area (Å²) >= 11 is 6.73. The first-order valence-electron chi connectivity index (χ1n) is 6.60. The number of H-pyrrole nitrogens is 1. The number of aromatic amines is 1. The van der Waals surface area contributed by atoms with Crippen LogP contribution in [0.25, 0.3) is 10.2 Å². The van der Waals surface area contributed by atoms with Gasteiger partial charge in [-0.2, -0.15) is 0 Å². The molecule has 0 amide bonds. The van der Waals surface area contributed by atoms with Crippen molar-refractivity contribution in [3.8, 4) is 0 Å². The first kappa shape index (κ1) is 14.4. The number of nitrogens with zero attached hydrogens (tertiary/aromatic N) is 2. The minimum Gasteiger partial charge on any atom is -0.331 e. The normalized spacial score (nSPS) is 11.5. The number of hydrogen-bond donors (Lipinski definition) is 1. The summed E-state index contributed by atoms with van der Waals surface area (Å²) < 4.78 is 2.96. The van der Waals surface area contributed by atoms with E-state index in [1.54, 1.807) is 4.57 Å². The fourth-order valence-electron chi connectivity index (χ4n) is 2.17. The van der Waals surface area contributed by atoms with Gasteiger partial charge in [0.05, 0.1) is 5.52 Å². The molecule has 1 N–H and O–H groups in total. The highest BCUT2D eigenvalue weighted by molar-refractivity contribution is 7.71. The molecule has 0 bridgehead atoms. The zero-order valence-electron chi connectivity index (χ0n) is 11.3. The van der Waals surface area contributed by atoms with Gasteiger partial charge in [0.15, 0.2) is 4.77 Å². The Morgan fingerprint density at radius 1 is 1.42 bits per heavy atom. The first-order valence-corrected chi connectivity index (χ1v) is 7.88. The van der Waals surface area contributed by atoms with Gasteiger partial charge >= 0.3 is 0 Å². The molecule has 104 valence electrons. The minimum absolute atomic E-state index is 0.0355. The maximum atomic E-state index is 12.3. The smallest absolute Gasteiger partial charge is 0.272 e. The molecule has 0 spiro atoms. The molecule has 0 unspecified atom stereocenters. The molecule has 6 heteroatoms. The maximum Gasteiger partial charge on any atom is 0.272 e. The third-order valence-electron chi connectivity index (χ3n) is 3.34. The molecule has 0 saturated carbocycles. The van der Waals surface area contributed by atoms with Gasteiger partial charge in [0.1, 0.15) is 4.70 Å². The molecule has 0 atom stereocenters. The van der Waals surface area contributed by atoms with Gasteiger partial charge in [-0.15, -0.1) is 11.3 Å². The van der Waals surface area contributed by atoms with Crippen LogP contribution in [-0.2, 0) is 6.54 Å². The quantitative estimate of drug-likeness (QED) is 0.834. The van der Waals surface area contributed by atoms with E-state index in [1.165, 1.54) is 11.3 Å². The molecule has 0 aliphatic carbocycles. The molecule has 19 heavy (non-hydrogen) atoms. The lowest BCUT2D eigenvalue weighted by Crippen LogP contribution is -2.27. The minimum atomic E-state index is 0.0355. The van der Waals surface area contributed by atoms with Gasteiger partial charge in [-0.3, -0.25) is 9.36 Å². The lowest BCUT2D eigenvalue weighted by Gasteiger charge is -2.17. The number of rotatable bonds is 6. The molecular formula is C13H19N3OS2. The van der Waals surface area contributed by atoms with Crippen molar-refractivity contribution in [3.05, 3.63) is 26.6 Å². The molecule has 0 aromatic carbocycles. The molecule has 2 aromatic rings. The Labute approximate surface area is 121 Å². The monoisotopic (exact) mass is 297 g/mol. The van der Waals surface area contributed by atoms with Gasteiger partial charge in [0.2, 0.25) is 0 Å². The van der Waals surface area contributed by atoms with Crippen LogP contribution in [0.3, 0.4) is 0 Å². The number of nitrogens with one attached hydrogen (secondary N) is 1. The second kappa shape index (κ2) is 6.45. The standard InChI is InChI=1S/C13H19N3OS2/c1-3-15(4-2)7-5-8-16-12(17)11-10(6-9-19-11)14-13(16)18/h6,9H,3-5,7-8H2,1-2H3,(H,14,18). The summed E-state index contributed by atoms with van der Waals surface area (Å²) in [5.74, 6) is 0. The highest BCUT2D eigenvalue weighted by Gasteiger charge is 2.07. The SMILES string of the molecule is CCN(CC)CCCn1c(=S)[nH]c2ccsc2c1=O. The van der Waals surface area contributed by atoms with Crippen molar-refractivity contribution in [2.45, 2.75) is 26.8 Å². The predicted molar refractivity (Wildman–Crippen MR) is 83.7 cm³/mol. The maximum absolute atomic E-state index is 12.3. The fraction of sp³-hybridized carbons (Fsp3) is 0.538. The van der Waals surface area contributed by atoms with Gasteiger partial charge in [-0.05, 0) is 49.7 Å². The summed E-state index contributed by atoms with van der Waals surface area (Å²) in [6, 6.07) is 1.90. The largest absolute Gasteiger partial charge is 0.331 e. The summed E-state index contributed by atoms with van der Waals surface area (Å²) in [6.07, 6.45) is 0.940. The molecule has 0 radical (unpaired) electrons. The summed E-state index contributed by atoms with van der Waals surface area (Å²) in [4.78, 5) is 17.8. The number of thiophene rings is 1. The second-order valence-electron chi connectivity index (χ2n) is 4.43. The topological polar surface area (TPSA) is 41.0 Å². The Morgan fingerprint density at radius 3 is 2.84 bits per heavy atom. The second-order valence-corrected chi connectivity index (χ2v) is 5.73. The molecule has 2 aromatic heterocycles. The lowest BCUT2D eigenvalue weighted by molar-refractivity contribution is 0.292. The zero-order chi connectivity index (χ0) is 13.8. The highest BCUT2D eigenvalue weighted by Crippen LogP contribution is 2.13. The van der Waals surface area contributed by atoms with E-state index in [-0.39, 0.29) is 5.56 Å². The summed E-state index contributed by atoms with van der Waals surface area (Å²) in [6.45, 7) is 8.07. The van der Waals surface area contributed by atoms with Crippen molar-refractivity contribution < 1.29 is 0 Å². The van der Waals surface area contributed by atoms with Gasteiger partial charge in [-0.1, -0.05) is 13.8 Å². The van der Waals surface area contributed by atoms with Crippen LogP contribution in [0, 0.1) is 4.77 Å². The van der Waals surface area contributed by atoms with Crippen LogP contribution in [0.4, 0.5) is 0 Å². The highest BCUT2D eigenvalue weighted by atomic mass is 32.1. The fourth-order valence-corrected chi connectivity index (χ4v) is 3.25. The molecule has 0 fully saturated rings. The zero-order valence-corrected chi connectivity index (χ0v) is 12.9. The Balaban J connectivity index is 2.16. The van der Waals surface area contributed by atoms with Crippen molar-refractivity contribution in [3.63, 3.8) is 0 Å². The van der Waals surface area contributed by atoms with E-state index in [4.69, 9.17) is 12.2 Å². The van der Waals surface area contributed by atoms with Crippen LogP contribution < -0.4 is 5.56 Å². The van der Waals surface area contributed by atoms with Crippen LogP contribution >= 0.6 is 23.6 Å². The van der Waals surface area contributed by atoms with Gasteiger partial charge in [0.25, 0.3) is 5.56 Å². The lowest BCUT2D eigenvalue weighted by atomic mass is 10.3. The third-order valence-corrected chi connectivity index (χ3v) is 4.57. The van der Waals surface area contributed by atoms with Crippen molar-refractivity contribution in [2.75, 3.05) is 19.6 Å². The van der Waals surface area contributed by atoms with Crippen LogP contribution in [0.2, 0.25) is 0 Å². The summed E-state index contributed by atoms with van der Waals surface area (Å²) in [7, 11) is 0. The van der Waals surface area contributed by atoms with Gasteiger partial charge < -0.3 is 9.88 Å². The molecule has 0 aliphatic heterocycles. The van der Waals surface area contributed by atoms with E-state index in [0.29, 0.717) is 11.3 Å². The Kier molecular flexibility index (Phi) is 4.90. The number of aromatic nitrogens is 2. The van der Waals surface area contributed by atoms with Crippen LogP contribution in [-0.4, -0.2) is 34.1 Å². The van der Waals surface area contributed by atoms with E-state index < -0.39 is 0 Å². The van der Waals surface area contributed by atoms with Crippen molar-refractivity contribution >= 4 is 33.8 Å². The van der Waals surface area contributed by atoms with Crippen LogP contribution in [0.1, 0.15) is 20.3 Å². The average molecular weight is 297 g/mol. The van der Waals surface area contributed by atoms with E-state index >= 15 is 0 Å². The van der Waals surface area contributed by atoms with E-state index in [9.17, 15) is 4.79 Å². The first-order chi connectivity index (χ1) is 9.17. The van der Waals surface area contributed by atoms with Crippen molar-refractivity contribution in [1.82, 2.24) is 14.5 Å². The summed E-state index contributed by atoms with van der Waals surface area (Å²) in [5, 5.41) is 1.91. The van der Waals surface area contributed by atoms with E-state index in [2.05, 4.69) is 23.7 Å². The van der Waals surface area contributed by atoms with Crippen LogP contribution in [0.15, 0.2) is 16.2 Å². The molecule has 2 heterocycles. The van der Waals surface area contributed by atoms with E-state index in [1.807, 2.05) is 11.4 Å². The molecule has 0 aliphatic rings. The number of hydrogen-bond acceptors (Lipinski definition) is 4. The average Bonchev–Trinajstić information content (AvgIpc) is 2.86. The Morgan fingerprint density at radius 2 is 2.16 bits per heavy atom. The Hall–Kier alpha value is -0.980. The van der Waals surface area contributed by atoms with Crippen LogP contribution in [0.5, 0.6) is 0 Å². The van der Waals surface area contributed by atoms with Crippen molar-refractivity contribution in [1.29, 1.82) is 0 Å². The third kappa shape index (κ3) is 3.13. The molecule has 4 nitrogen and oxygen atoms in total. The Bertz CT molecular complexity index is 652. The van der Waals surface area contributed by atoms with Gasteiger partial charge in [-0.25, -0.2) is 0 Å². The predicted octanol–water partition coefficient (Wildman–Crippen LogP) is 2.85. The summed E-state index contributed by atoms with van der Waals surface area (Å²) in [5.41, 5.74) is 0.883. The number of fused-ring (bicyclic) bond motifs is 1. The molecule has 0 saturated heterocycles. The molecular weight excluding hydrogens is 278 g/mol. The van der Waals surface area contributed by atoms with Gasteiger partial charge in [0, 0.05) is 6.54 Å².